The first-order valence-electron chi connectivity index (χ1n) is 6.12. The van der Waals surface area contributed by atoms with Crippen molar-refractivity contribution in [1.29, 1.82) is 0 Å². The van der Waals surface area contributed by atoms with E-state index >= 15 is 0 Å². The highest BCUT2D eigenvalue weighted by Gasteiger charge is 2.12. The van der Waals surface area contributed by atoms with E-state index < -0.39 is 0 Å². The average molecular weight is 335 g/mol. The number of hydrogen-bond donors (Lipinski definition) is 1. The van der Waals surface area contributed by atoms with Gasteiger partial charge in [-0.3, -0.25) is 0 Å². The quantitative estimate of drug-likeness (QED) is 0.784. The van der Waals surface area contributed by atoms with Crippen molar-refractivity contribution in [2.45, 2.75) is 6.42 Å². The molecular formula is C15H12BrFN2O. The first-order chi connectivity index (χ1) is 9.69. The van der Waals surface area contributed by atoms with Crippen molar-refractivity contribution < 1.29 is 9.13 Å². The fourth-order valence-corrected chi connectivity index (χ4v) is 2.57. The number of halogens is 2. The van der Waals surface area contributed by atoms with E-state index in [1.807, 2.05) is 12.3 Å². The van der Waals surface area contributed by atoms with Gasteiger partial charge in [-0.1, -0.05) is 12.1 Å². The van der Waals surface area contributed by atoms with Gasteiger partial charge < -0.3 is 9.72 Å². The number of methoxy groups -OCH3 is 1. The van der Waals surface area contributed by atoms with E-state index in [1.54, 1.807) is 24.4 Å². The minimum absolute atomic E-state index is 0.265. The molecule has 2 heterocycles. The van der Waals surface area contributed by atoms with Crippen LogP contribution in [0, 0.1) is 5.82 Å². The molecule has 20 heavy (non-hydrogen) atoms. The molecule has 3 rings (SSSR count). The Morgan fingerprint density at radius 1 is 1.35 bits per heavy atom. The van der Waals surface area contributed by atoms with Gasteiger partial charge in [0.15, 0.2) is 11.6 Å². The van der Waals surface area contributed by atoms with Crippen molar-refractivity contribution in [3.63, 3.8) is 0 Å². The van der Waals surface area contributed by atoms with Crippen LogP contribution in [0.3, 0.4) is 0 Å². The first kappa shape index (κ1) is 13.1. The molecule has 0 atom stereocenters. The summed E-state index contributed by atoms with van der Waals surface area (Å²) < 4.78 is 20.1. The SMILES string of the molecule is COc1cccc(Cc2c[nH]c3ncc(Br)cc23)c1F. The minimum Gasteiger partial charge on any atom is -0.494 e. The number of hydrogen-bond acceptors (Lipinski definition) is 2. The topological polar surface area (TPSA) is 37.9 Å². The molecule has 0 aliphatic carbocycles. The molecule has 3 nitrogen and oxygen atoms in total. The van der Waals surface area contributed by atoms with Gasteiger partial charge in [-0.2, -0.15) is 0 Å². The van der Waals surface area contributed by atoms with Gasteiger partial charge in [-0.25, -0.2) is 9.37 Å². The van der Waals surface area contributed by atoms with E-state index in [4.69, 9.17) is 4.74 Å². The molecule has 0 saturated heterocycles. The summed E-state index contributed by atoms with van der Waals surface area (Å²) in [6.07, 6.45) is 4.08. The lowest BCUT2D eigenvalue weighted by molar-refractivity contribution is 0.384. The Labute approximate surface area is 123 Å². The van der Waals surface area contributed by atoms with Gasteiger partial charge in [0.1, 0.15) is 5.65 Å². The van der Waals surface area contributed by atoms with Crippen molar-refractivity contribution in [2.24, 2.45) is 0 Å². The molecular weight excluding hydrogens is 323 g/mol. The molecule has 0 radical (unpaired) electrons. The molecule has 2 aromatic heterocycles. The molecule has 0 aliphatic rings. The van der Waals surface area contributed by atoms with Crippen LogP contribution < -0.4 is 4.74 Å². The Balaban J connectivity index is 2.03. The maximum absolute atomic E-state index is 14.2. The largest absolute Gasteiger partial charge is 0.494 e. The number of fused-ring (bicyclic) bond motifs is 1. The fraction of sp³-hybridized carbons (Fsp3) is 0.133. The number of aromatic amines is 1. The lowest BCUT2D eigenvalue weighted by atomic mass is 10.0. The second kappa shape index (κ2) is 5.25. The van der Waals surface area contributed by atoms with E-state index in [1.165, 1.54) is 7.11 Å². The van der Waals surface area contributed by atoms with E-state index in [0.717, 1.165) is 21.1 Å². The van der Waals surface area contributed by atoms with E-state index in [0.29, 0.717) is 12.0 Å². The van der Waals surface area contributed by atoms with Crippen LogP contribution in [0.2, 0.25) is 0 Å². The molecule has 5 heteroatoms. The monoisotopic (exact) mass is 334 g/mol. The van der Waals surface area contributed by atoms with E-state index in [-0.39, 0.29) is 11.6 Å². The lowest BCUT2D eigenvalue weighted by Gasteiger charge is -2.06. The van der Waals surface area contributed by atoms with Crippen LogP contribution in [0.1, 0.15) is 11.1 Å². The zero-order valence-corrected chi connectivity index (χ0v) is 12.4. The van der Waals surface area contributed by atoms with Gasteiger partial charge in [0.2, 0.25) is 0 Å². The standard InChI is InChI=1S/C15H12BrFN2O/c1-20-13-4-2-3-9(14(13)17)5-10-7-18-15-12(10)6-11(16)8-19-15/h2-4,6-8H,5H2,1H3,(H,18,19). The Bertz CT molecular complexity index is 770. The van der Waals surface area contributed by atoms with Gasteiger partial charge >= 0.3 is 0 Å². The molecule has 0 unspecified atom stereocenters. The summed E-state index contributed by atoms with van der Waals surface area (Å²) in [5, 5.41) is 0.988. The maximum atomic E-state index is 14.2. The molecule has 0 saturated carbocycles. The summed E-state index contributed by atoms with van der Waals surface area (Å²) in [6.45, 7) is 0. The van der Waals surface area contributed by atoms with Crippen molar-refractivity contribution in [3.8, 4) is 5.75 Å². The Morgan fingerprint density at radius 2 is 2.20 bits per heavy atom. The molecule has 0 amide bonds. The van der Waals surface area contributed by atoms with E-state index in [9.17, 15) is 4.39 Å². The lowest BCUT2D eigenvalue weighted by Crippen LogP contribution is -1.95. The molecule has 3 aromatic rings. The summed E-state index contributed by atoms with van der Waals surface area (Å²) in [6, 6.07) is 7.15. The number of nitrogens with zero attached hydrogens (tertiary/aromatic N) is 1. The molecule has 0 fully saturated rings. The van der Waals surface area contributed by atoms with Crippen LogP contribution in [0.25, 0.3) is 11.0 Å². The summed E-state index contributed by atoms with van der Waals surface area (Å²) in [4.78, 5) is 7.38. The second-order valence-electron chi connectivity index (χ2n) is 4.47. The number of pyridine rings is 1. The Hall–Kier alpha value is -1.88. The number of rotatable bonds is 3. The number of benzene rings is 1. The second-order valence-corrected chi connectivity index (χ2v) is 5.39. The molecule has 1 aromatic carbocycles. The molecule has 1 N–H and O–H groups in total. The van der Waals surface area contributed by atoms with Crippen LogP contribution in [0.5, 0.6) is 5.75 Å². The average Bonchev–Trinajstić information content (AvgIpc) is 2.83. The highest BCUT2D eigenvalue weighted by atomic mass is 79.9. The van der Waals surface area contributed by atoms with Crippen LogP contribution in [-0.4, -0.2) is 17.1 Å². The van der Waals surface area contributed by atoms with Gasteiger partial charge in [0, 0.05) is 28.7 Å². The van der Waals surface area contributed by atoms with Gasteiger partial charge in [-0.15, -0.1) is 0 Å². The first-order valence-corrected chi connectivity index (χ1v) is 6.91. The number of H-pyrrole nitrogens is 1. The van der Waals surface area contributed by atoms with Gasteiger partial charge in [0.05, 0.1) is 7.11 Å². The van der Waals surface area contributed by atoms with Gasteiger partial charge in [-0.05, 0) is 39.2 Å². The molecule has 0 aliphatic heterocycles. The third-order valence-electron chi connectivity index (χ3n) is 3.23. The summed E-state index contributed by atoms with van der Waals surface area (Å²) in [5.41, 5.74) is 2.40. The van der Waals surface area contributed by atoms with Crippen LogP contribution in [0.4, 0.5) is 4.39 Å². The van der Waals surface area contributed by atoms with Gasteiger partial charge in [0.25, 0.3) is 0 Å². The zero-order valence-electron chi connectivity index (χ0n) is 10.8. The third-order valence-corrected chi connectivity index (χ3v) is 3.66. The molecule has 102 valence electrons. The Kier molecular flexibility index (Phi) is 3.44. The predicted molar refractivity (Wildman–Crippen MR) is 79.6 cm³/mol. The van der Waals surface area contributed by atoms with Crippen LogP contribution in [0.15, 0.2) is 41.1 Å². The normalized spacial score (nSPS) is 10.9. The number of aromatic nitrogens is 2. The minimum atomic E-state index is -0.313. The van der Waals surface area contributed by atoms with Crippen molar-refractivity contribution in [1.82, 2.24) is 9.97 Å². The highest BCUT2D eigenvalue weighted by molar-refractivity contribution is 9.10. The summed E-state index contributed by atoms with van der Waals surface area (Å²) >= 11 is 3.40. The maximum Gasteiger partial charge on any atom is 0.168 e. The molecule has 0 spiro atoms. The zero-order chi connectivity index (χ0) is 14.1. The number of ether oxygens (including phenoxy) is 1. The predicted octanol–water partition coefficient (Wildman–Crippen LogP) is 4.06. The van der Waals surface area contributed by atoms with Crippen molar-refractivity contribution in [2.75, 3.05) is 7.11 Å². The third kappa shape index (κ3) is 2.29. The number of nitrogens with one attached hydrogen (secondary N) is 1. The van der Waals surface area contributed by atoms with Crippen LogP contribution in [-0.2, 0) is 6.42 Å². The Morgan fingerprint density at radius 3 is 3.00 bits per heavy atom. The van der Waals surface area contributed by atoms with E-state index in [2.05, 4.69) is 25.9 Å². The summed E-state index contributed by atoms with van der Waals surface area (Å²) in [7, 11) is 1.47. The highest BCUT2D eigenvalue weighted by Crippen LogP contribution is 2.26. The summed E-state index contributed by atoms with van der Waals surface area (Å²) in [5.74, 6) is -0.0473. The van der Waals surface area contributed by atoms with Crippen molar-refractivity contribution >= 4 is 27.0 Å². The fourth-order valence-electron chi connectivity index (χ4n) is 2.23. The smallest absolute Gasteiger partial charge is 0.168 e. The molecule has 0 bridgehead atoms. The van der Waals surface area contributed by atoms with Crippen molar-refractivity contribution in [3.05, 3.63) is 58.1 Å². The van der Waals surface area contributed by atoms with Crippen LogP contribution >= 0.6 is 15.9 Å².